The quantitative estimate of drug-likeness (QED) is 0.741. The summed E-state index contributed by atoms with van der Waals surface area (Å²) < 4.78 is 0. The lowest BCUT2D eigenvalue weighted by molar-refractivity contribution is -0.125. The number of carbonyl (C=O) groups is 1. The molecule has 34 heavy (non-hydrogen) atoms. The lowest BCUT2D eigenvalue weighted by Gasteiger charge is -2.34. The molecule has 1 amide bonds. The van der Waals surface area contributed by atoms with E-state index in [9.17, 15) is 4.79 Å². The molecule has 0 radical (unpaired) electrons. The zero-order valence-corrected chi connectivity index (χ0v) is 20.9. The van der Waals surface area contributed by atoms with Gasteiger partial charge in [0.25, 0.3) is 0 Å². The van der Waals surface area contributed by atoms with Gasteiger partial charge in [-0.25, -0.2) is 4.98 Å². The van der Waals surface area contributed by atoms with Crippen molar-refractivity contribution >= 4 is 34.7 Å². The number of anilines is 5. The van der Waals surface area contributed by atoms with Crippen molar-refractivity contribution < 1.29 is 4.79 Å². The van der Waals surface area contributed by atoms with Crippen molar-refractivity contribution in [2.24, 2.45) is 5.41 Å². The molecular formula is C26H37N7O. The number of amides is 1. The third kappa shape index (κ3) is 4.43. The Morgan fingerprint density at radius 2 is 1.68 bits per heavy atom. The van der Waals surface area contributed by atoms with E-state index in [-0.39, 0.29) is 5.91 Å². The first-order valence-electron chi connectivity index (χ1n) is 12.5. The van der Waals surface area contributed by atoms with Gasteiger partial charge in [-0.2, -0.15) is 4.98 Å². The van der Waals surface area contributed by atoms with Crippen molar-refractivity contribution in [3.63, 3.8) is 0 Å². The second kappa shape index (κ2) is 9.06. The van der Waals surface area contributed by atoms with Crippen molar-refractivity contribution in [1.82, 2.24) is 14.9 Å². The summed E-state index contributed by atoms with van der Waals surface area (Å²) in [4.78, 5) is 31.6. The minimum absolute atomic E-state index is 0.109. The lowest BCUT2D eigenvalue weighted by Crippen LogP contribution is -2.45. The first kappa shape index (κ1) is 22.9. The molecule has 1 saturated carbocycles. The highest BCUT2D eigenvalue weighted by atomic mass is 16.2. The van der Waals surface area contributed by atoms with Gasteiger partial charge in [0.15, 0.2) is 5.82 Å². The number of aromatic nitrogens is 2. The van der Waals surface area contributed by atoms with Gasteiger partial charge in [-0.05, 0) is 58.0 Å². The molecule has 1 saturated heterocycles. The van der Waals surface area contributed by atoms with E-state index in [2.05, 4.69) is 56.3 Å². The molecule has 3 heterocycles. The molecule has 1 aromatic carbocycles. The molecule has 0 unspecified atom stereocenters. The zero-order chi connectivity index (χ0) is 23.9. The van der Waals surface area contributed by atoms with E-state index in [0.29, 0.717) is 18.5 Å². The summed E-state index contributed by atoms with van der Waals surface area (Å²) in [5, 5.41) is 3.39. The summed E-state index contributed by atoms with van der Waals surface area (Å²) in [6.07, 6.45) is 6.56. The molecular weight excluding hydrogens is 426 g/mol. The maximum Gasteiger partial charge on any atom is 0.234 e. The molecule has 1 aromatic heterocycles. The van der Waals surface area contributed by atoms with Gasteiger partial charge in [-0.15, -0.1) is 0 Å². The average molecular weight is 464 g/mol. The van der Waals surface area contributed by atoms with Gasteiger partial charge in [0.2, 0.25) is 11.9 Å². The van der Waals surface area contributed by atoms with Gasteiger partial charge in [-0.1, -0.05) is 12.8 Å². The molecule has 182 valence electrons. The Labute approximate surface area is 203 Å². The summed E-state index contributed by atoms with van der Waals surface area (Å²) in [5.74, 6) is 1.53. The number of carbonyl (C=O) groups excluding carboxylic acids is 1. The molecule has 1 aliphatic carbocycles. The van der Waals surface area contributed by atoms with Gasteiger partial charge in [-0.3, -0.25) is 4.79 Å². The predicted octanol–water partition coefficient (Wildman–Crippen LogP) is 3.72. The van der Waals surface area contributed by atoms with Crippen LogP contribution in [0.15, 0.2) is 30.5 Å². The first-order valence-corrected chi connectivity index (χ1v) is 12.5. The summed E-state index contributed by atoms with van der Waals surface area (Å²) in [6.45, 7) is 9.03. The van der Waals surface area contributed by atoms with Gasteiger partial charge in [0.05, 0.1) is 11.6 Å². The largest absolute Gasteiger partial charge is 0.369 e. The lowest BCUT2D eigenvalue weighted by atomic mass is 9.91. The summed E-state index contributed by atoms with van der Waals surface area (Å²) in [5.41, 5.74) is 2.52. The number of nitrogens with zero attached hydrogens (tertiary/aromatic N) is 6. The first-order chi connectivity index (χ1) is 16.3. The number of likely N-dealkylation sites (N-methyl/N-ethyl adjacent to an activating group) is 1. The third-order valence-corrected chi connectivity index (χ3v) is 7.59. The van der Waals surface area contributed by atoms with E-state index in [0.717, 1.165) is 56.2 Å². The van der Waals surface area contributed by atoms with Crippen molar-refractivity contribution in [3.8, 4) is 0 Å². The molecule has 0 bridgehead atoms. The Morgan fingerprint density at radius 3 is 2.35 bits per heavy atom. The molecule has 3 aliphatic rings. The molecule has 8 heteroatoms. The highest BCUT2D eigenvalue weighted by Crippen LogP contribution is 2.40. The molecule has 2 aliphatic heterocycles. The topological polar surface area (TPSA) is 67.8 Å². The van der Waals surface area contributed by atoms with Gasteiger partial charge in [0.1, 0.15) is 5.69 Å². The Kier molecular flexibility index (Phi) is 6.10. The third-order valence-electron chi connectivity index (χ3n) is 7.59. The van der Waals surface area contributed by atoms with Crippen LogP contribution < -0.4 is 20.0 Å². The van der Waals surface area contributed by atoms with E-state index >= 15 is 0 Å². The number of hydrogen-bond donors (Lipinski definition) is 1. The van der Waals surface area contributed by atoms with Crippen molar-refractivity contribution in [2.75, 3.05) is 66.8 Å². The highest BCUT2D eigenvalue weighted by Gasteiger charge is 2.41. The highest BCUT2D eigenvalue weighted by molar-refractivity contribution is 6.00. The van der Waals surface area contributed by atoms with Crippen molar-refractivity contribution in [3.05, 3.63) is 30.5 Å². The summed E-state index contributed by atoms with van der Waals surface area (Å²) in [7, 11) is 4.02. The van der Waals surface area contributed by atoms with E-state index < -0.39 is 5.41 Å². The van der Waals surface area contributed by atoms with Gasteiger partial charge in [0, 0.05) is 57.2 Å². The average Bonchev–Trinajstić information content (AvgIpc) is 3.35. The van der Waals surface area contributed by atoms with E-state index in [1.165, 1.54) is 18.5 Å². The second-order valence-corrected chi connectivity index (χ2v) is 10.7. The molecule has 1 N–H and O–H groups in total. The Bertz CT molecular complexity index is 1020. The minimum Gasteiger partial charge on any atom is -0.369 e. The smallest absolute Gasteiger partial charge is 0.234 e. The normalized spacial score (nSPS) is 21.5. The van der Waals surface area contributed by atoms with Crippen molar-refractivity contribution in [2.45, 2.75) is 45.6 Å². The fourth-order valence-corrected chi connectivity index (χ4v) is 5.47. The Morgan fingerprint density at radius 1 is 1.00 bits per heavy atom. The maximum atomic E-state index is 13.2. The molecule has 0 atom stereocenters. The molecule has 2 aromatic rings. The Hall–Kier alpha value is -2.87. The van der Waals surface area contributed by atoms with Crippen LogP contribution in [0.1, 0.15) is 39.5 Å². The van der Waals surface area contributed by atoms with Crippen LogP contribution in [0, 0.1) is 5.41 Å². The fraction of sp³-hybridized carbons (Fsp3) is 0.577. The number of piperazine rings is 1. The summed E-state index contributed by atoms with van der Waals surface area (Å²) >= 11 is 0. The minimum atomic E-state index is -0.481. The van der Waals surface area contributed by atoms with Crippen LogP contribution in [0.5, 0.6) is 0 Å². The van der Waals surface area contributed by atoms with Crippen LogP contribution in [0.4, 0.5) is 28.8 Å². The van der Waals surface area contributed by atoms with Crippen LogP contribution >= 0.6 is 0 Å². The number of fused-ring (bicyclic) bond motifs is 1. The van der Waals surface area contributed by atoms with E-state index in [1.807, 2.05) is 20.9 Å². The molecule has 5 rings (SSSR count). The summed E-state index contributed by atoms with van der Waals surface area (Å²) in [6, 6.07) is 8.93. The standard InChI is InChI=1S/C26H37N7O/c1-26(2)18-33(21-7-5-6-8-21)23-22(31(4)24(26)34)17-27-25(29-23)28-19-9-11-20(12-10-19)32-15-13-30(3)14-16-32/h9-12,17,21H,5-8,13-16,18H2,1-4H3,(H,27,28,29). The number of nitrogens with one attached hydrogen (secondary N) is 1. The van der Waals surface area contributed by atoms with Gasteiger partial charge < -0.3 is 24.9 Å². The monoisotopic (exact) mass is 463 g/mol. The number of benzene rings is 1. The van der Waals surface area contributed by atoms with E-state index in [1.54, 1.807) is 11.1 Å². The second-order valence-electron chi connectivity index (χ2n) is 10.7. The molecule has 2 fully saturated rings. The van der Waals surface area contributed by atoms with E-state index in [4.69, 9.17) is 4.98 Å². The van der Waals surface area contributed by atoms with Crippen LogP contribution in [0.2, 0.25) is 0 Å². The predicted molar refractivity (Wildman–Crippen MR) is 138 cm³/mol. The van der Waals surface area contributed by atoms with Crippen LogP contribution in [-0.2, 0) is 4.79 Å². The van der Waals surface area contributed by atoms with Crippen LogP contribution in [0.25, 0.3) is 0 Å². The van der Waals surface area contributed by atoms with Gasteiger partial charge >= 0.3 is 0 Å². The van der Waals surface area contributed by atoms with Crippen LogP contribution in [-0.4, -0.2) is 73.6 Å². The SMILES string of the molecule is CN1CCN(c2ccc(Nc3ncc4c(n3)N(C3CCCC3)CC(C)(C)C(=O)N4C)cc2)CC1. The molecule has 8 nitrogen and oxygen atoms in total. The number of hydrogen-bond acceptors (Lipinski definition) is 7. The fourth-order valence-electron chi connectivity index (χ4n) is 5.47. The Balaban J connectivity index is 1.40. The van der Waals surface area contributed by atoms with Crippen LogP contribution in [0.3, 0.4) is 0 Å². The maximum absolute atomic E-state index is 13.2. The van der Waals surface area contributed by atoms with Crippen molar-refractivity contribution in [1.29, 1.82) is 0 Å². The zero-order valence-electron chi connectivity index (χ0n) is 20.9. The number of rotatable bonds is 4. The molecule has 0 spiro atoms.